The van der Waals surface area contributed by atoms with Gasteiger partial charge in [0, 0.05) is 44.9 Å². The Kier molecular flexibility index (Phi) is 5.97. The molecule has 0 bridgehead atoms. The highest BCUT2D eigenvalue weighted by atomic mass is 16.2. The molecule has 1 heterocycles. The van der Waals surface area contributed by atoms with Crippen LogP contribution in [0.2, 0.25) is 0 Å². The zero-order valence-corrected chi connectivity index (χ0v) is 10.7. The molecule has 3 N–H and O–H groups in total. The quantitative estimate of drug-likeness (QED) is 0.582. The van der Waals surface area contributed by atoms with Crippen LogP contribution < -0.4 is 16.0 Å². The smallest absolute Gasteiger partial charge is 0.221 e. The second-order valence-electron chi connectivity index (χ2n) is 5.03. The average Bonchev–Trinajstić information content (AvgIpc) is 2.13. The molecule has 1 rings (SSSR count). The lowest BCUT2D eigenvalue weighted by atomic mass is 10.0. The topological polar surface area (TPSA) is 70.2 Å². The Hall–Kier alpha value is -1.10. The van der Waals surface area contributed by atoms with Crippen molar-refractivity contribution in [2.24, 2.45) is 11.8 Å². The predicted octanol–water partition coefficient (Wildman–Crippen LogP) is -0.126. The van der Waals surface area contributed by atoms with Crippen molar-refractivity contribution in [3.05, 3.63) is 0 Å². The molecule has 0 aromatic carbocycles. The Balaban J connectivity index is 1.97. The molecule has 5 nitrogen and oxygen atoms in total. The fourth-order valence-electron chi connectivity index (χ4n) is 1.60. The van der Waals surface area contributed by atoms with Crippen LogP contribution in [-0.4, -0.2) is 38.0 Å². The first-order valence-corrected chi connectivity index (χ1v) is 6.32. The van der Waals surface area contributed by atoms with E-state index in [0.29, 0.717) is 31.2 Å². The van der Waals surface area contributed by atoms with Crippen molar-refractivity contribution >= 4 is 11.8 Å². The predicted molar refractivity (Wildman–Crippen MR) is 66.5 cm³/mol. The first kappa shape index (κ1) is 14.0. The number of carbonyl (C=O) groups is 2. The van der Waals surface area contributed by atoms with Gasteiger partial charge in [0.15, 0.2) is 0 Å². The van der Waals surface area contributed by atoms with E-state index in [1.807, 2.05) is 13.8 Å². The van der Waals surface area contributed by atoms with E-state index in [1.54, 1.807) is 0 Å². The molecule has 0 aromatic rings. The summed E-state index contributed by atoms with van der Waals surface area (Å²) in [5.41, 5.74) is 0. The zero-order valence-electron chi connectivity index (χ0n) is 10.7. The number of hydrogen-bond acceptors (Lipinski definition) is 3. The van der Waals surface area contributed by atoms with Crippen molar-refractivity contribution in [3.63, 3.8) is 0 Å². The van der Waals surface area contributed by atoms with E-state index < -0.39 is 0 Å². The molecule has 1 fully saturated rings. The SMILES string of the molecule is CC(C)CC(=O)NCCC(=O)NCC1CNC1. The summed E-state index contributed by atoms with van der Waals surface area (Å²) in [6, 6.07) is 0. The molecule has 5 heteroatoms. The summed E-state index contributed by atoms with van der Waals surface area (Å²) >= 11 is 0. The molecule has 1 aliphatic heterocycles. The standard InChI is InChI=1S/C12H23N3O2/c1-9(2)5-12(17)14-4-3-11(16)15-8-10-6-13-7-10/h9-10,13H,3-8H2,1-2H3,(H,14,17)(H,15,16). The van der Waals surface area contributed by atoms with Gasteiger partial charge in [-0.15, -0.1) is 0 Å². The Morgan fingerprint density at radius 2 is 1.94 bits per heavy atom. The van der Waals surface area contributed by atoms with Crippen LogP contribution in [0.25, 0.3) is 0 Å². The lowest BCUT2D eigenvalue weighted by Crippen LogP contribution is -2.48. The van der Waals surface area contributed by atoms with Gasteiger partial charge in [-0.1, -0.05) is 13.8 Å². The molecular weight excluding hydrogens is 218 g/mol. The maximum atomic E-state index is 11.4. The second-order valence-corrected chi connectivity index (χ2v) is 5.03. The molecule has 0 unspecified atom stereocenters. The monoisotopic (exact) mass is 241 g/mol. The van der Waals surface area contributed by atoms with E-state index in [9.17, 15) is 9.59 Å². The molecule has 0 aliphatic carbocycles. The van der Waals surface area contributed by atoms with Gasteiger partial charge in [0.25, 0.3) is 0 Å². The van der Waals surface area contributed by atoms with Gasteiger partial charge in [-0.25, -0.2) is 0 Å². The third kappa shape index (κ3) is 6.26. The Labute approximate surface area is 103 Å². The van der Waals surface area contributed by atoms with Crippen LogP contribution in [-0.2, 0) is 9.59 Å². The van der Waals surface area contributed by atoms with Crippen LogP contribution >= 0.6 is 0 Å². The first-order valence-electron chi connectivity index (χ1n) is 6.32. The van der Waals surface area contributed by atoms with Crippen LogP contribution in [0, 0.1) is 11.8 Å². The van der Waals surface area contributed by atoms with E-state index >= 15 is 0 Å². The van der Waals surface area contributed by atoms with Crippen LogP contribution in [0.3, 0.4) is 0 Å². The second kappa shape index (κ2) is 7.27. The molecule has 0 spiro atoms. The number of carbonyl (C=O) groups excluding carboxylic acids is 2. The molecule has 2 amide bonds. The summed E-state index contributed by atoms with van der Waals surface area (Å²) in [4.78, 5) is 22.7. The number of rotatable bonds is 7. The number of hydrogen-bond donors (Lipinski definition) is 3. The van der Waals surface area contributed by atoms with Crippen molar-refractivity contribution in [1.82, 2.24) is 16.0 Å². The third-order valence-corrected chi connectivity index (χ3v) is 2.72. The normalized spacial score (nSPS) is 15.5. The fraction of sp³-hybridized carbons (Fsp3) is 0.833. The first-order chi connectivity index (χ1) is 8.08. The van der Waals surface area contributed by atoms with Crippen LogP contribution in [0.1, 0.15) is 26.7 Å². The molecule has 0 atom stereocenters. The molecule has 0 radical (unpaired) electrons. The van der Waals surface area contributed by atoms with Crippen LogP contribution in [0.15, 0.2) is 0 Å². The van der Waals surface area contributed by atoms with Gasteiger partial charge < -0.3 is 16.0 Å². The lowest BCUT2D eigenvalue weighted by molar-refractivity contribution is -0.122. The number of amides is 2. The highest BCUT2D eigenvalue weighted by molar-refractivity contribution is 5.79. The molecule has 0 aromatic heterocycles. The zero-order chi connectivity index (χ0) is 12.7. The molecular formula is C12H23N3O2. The third-order valence-electron chi connectivity index (χ3n) is 2.72. The maximum absolute atomic E-state index is 11.4. The van der Waals surface area contributed by atoms with E-state index in [1.165, 1.54) is 0 Å². The number of nitrogens with one attached hydrogen (secondary N) is 3. The summed E-state index contributed by atoms with van der Waals surface area (Å²) in [5, 5.41) is 8.77. The minimum Gasteiger partial charge on any atom is -0.356 e. The summed E-state index contributed by atoms with van der Waals surface area (Å²) in [6.07, 6.45) is 0.888. The van der Waals surface area contributed by atoms with Gasteiger partial charge in [-0.3, -0.25) is 9.59 Å². The van der Waals surface area contributed by atoms with Crippen molar-refractivity contribution in [2.75, 3.05) is 26.2 Å². The summed E-state index contributed by atoms with van der Waals surface area (Å²) in [7, 11) is 0. The highest BCUT2D eigenvalue weighted by Gasteiger charge is 2.16. The van der Waals surface area contributed by atoms with Crippen LogP contribution in [0.4, 0.5) is 0 Å². The lowest BCUT2D eigenvalue weighted by Gasteiger charge is -2.27. The van der Waals surface area contributed by atoms with E-state index in [0.717, 1.165) is 19.6 Å². The Morgan fingerprint density at radius 3 is 2.47 bits per heavy atom. The summed E-state index contributed by atoms with van der Waals surface area (Å²) in [6.45, 7) is 7.15. The highest BCUT2D eigenvalue weighted by Crippen LogP contribution is 2.00. The molecule has 17 heavy (non-hydrogen) atoms. The van der Waals surface area contributed by atoms with E-state index in [4.69, 9.17) is 0 Å². The summed E-state index contributed by atoms with van der Waals surface area (Å²) in [5.74, 6) is 0.974. The fourth-order valence-corrected chi connectivity index (χ4v) is 1.60. The maximum Gasteiger partial charge on any atom is 0.221 e. The Morgan fingerprint density at radius 1 is 1.24 bits per heavy atom. The Bertz CT molecular complexity index is 262. The summed E-state index contributed by atoms with van der Waals surface area (Å²) < 4.78 is 0. The van der Waals surface area contributed by atoms with Gasteiger partial charge in [0.05, 0.1) is 0 Å². The van der Waals surface area contributed by atoms with Gasteiger partial charge in [-0.2, -0.15) is 0 Å². The van der Waals surface area contributed by atoms with Crippen molar-refractivity contribution in [1.29, 1.82) is 0 Å². The van der Waals surface area contributed by atoms with Gasteiger partial charge in [-0.05, 0) is 5.92 Å². The molecule has 1 saturated heterocycles. The van der Waals surface area contributed by atoms with Gasteiger partial charge in [0.1, 0.15) is 0 Å². The molecule has 0 saturated carbocycles. The van der Waals surface area contributed by atoms with E-state index in [-0.39, 0.29) is 11.8 Å². The minimum absolute atomic E-state index is 0.0155. The van der Waals surface area contributed by atoms with Crippen molar-refractivity contribution in [2.45, 2.75) is 26.7 Å². The van der Waals surface area contributed by atoms with Crippen LogP contribution in [0.5, 0.6) is 0 Å². The van der Waals surface area contributed by atoms with Gasteiger partial charge >= 0.3 is 0 Å². The van der Waals surface area contributed by atoms with Gasteiger partial charge in [0.2, 0.25) is 11.8 Å². The minimum atomic E-state index is 0.0155. The van der Waals surface area contributed by atoms with E-state index in [2.05, 4.69) is 16.0 Å². The molecule has 98 valence electrons. The largest absolute Gasteiger partial charge is 0.356 e. The van der Waals surface area contributed by atoms with Crippen molar-refractivity contribution < 1.29 is 9.59 Å². The van der Waals surface area contributed by atoms with Crippen molar-refractivity contribution in [3.8, 4) is 0 Å². The average molecular weight is 241 g/mol. The molecule has 1 aliphatic rings.